The van der Waals surface area contributed by atoms with Crippen LogP contribution in [0.2, 0.25) is 0 Å². The van der Waals surface area contributed by atoms with Gasteiger partial charge in [0.25, 0.3) is 0 Å². The van der Waals surface area contributed by atoms with Gasteiger partial charge in [-0.05, 0) is 18.6 Å². The fourth-order valence-corrected chi connectivity index (χ4v) is 3.35. The summed E-state index contributed by atoms with van der Waals surface area (Å²) < 4.78 is 32.5. The molecule has 1 aromatic heterocycles. The van der Waals surface area contributed by atoms with Gasteiger partial charge in [0, 0.05) is 18.5 Å². The minimum Gasteiger partial charge on any atom is -0.497 e. The highest BCUT2D eigenvalue weighted by atomic mass is 32.2. The number of hydrogen-bond donors (Lipinski definition) is 3. The minimum atomic E-state index is -3.74. The topological polar surface area (TPSA) is 110 Å². The van der Waals surface area contributed by atoms with Crippen LogP contribution >= 0.6 is 0 Å². The van der Waals surface area contributed by atoms with Crippen molar-refractivity contribution >= 4 is 15.7 Å². The number of aromatic nitrogens is 2. The highest BCUT2D eigenvalue weighted by molar-refractivity contribution is 7.89. The summed E-state index contributed by atoms with van der Waals surface area (Å²) in [6.07, 6.45) is 3.78. The van der Waals surface area contributed by atoms with E-state index in [9.17, 15) is 8.42 Å². The van der Waals surface area contributed by atoms with Gasteiger partial charge < -0.3 is 15.5 Å². The first-order valence-electron chi connectivity index (χ1n) is 6.43. The van der Waals surface area contributed by atoms with Crippen molar-refractivity contribution in [1.29, 1.82) is 0 Å². The number of methoxy groups -OCH3 is 1. The molecule has 2 rings (SSSR count). The molecule has 0 aliphatic carbocycles. The van der Waals surface area contributed by atoms with Crippen LogP contribution < -0.4 is 15.2 Å². The molecule has 1 heterocycles. The zero-order chi connectivity index (χ0) is 15.5. The fourth-order valence-electron chi connectivity index (χ4n) is 1.95. The third-order valence-corrected chi connectivity index (χ3v) is 4.61. The Hall–Kier alpha value is -2.06. The van der Waals surface area contributed by atoms with E-state index in [1.807, 2.05) is 6.92 Å². The second kappa shape index (κ2) is 6.15. The Labute approximate surface area is 123 Å². The van der Waals surface area contributed by atoms with Crippen LogP contribution in [0, 0.1) is 0 Å². The van der Waals surface area contributed by atoms with Gasteiger partial charge in [0.1, 0.15) is 16.5 Å². The SMILES string of the molecule is CCC(NS(=O)(=O)c1ccc(OC)cc1N)c1ncc[nH]1. The number of sulfonamides is 1. The standard InChI is InChI=1S/C13H18N4O3S/c1-3-11(13-15-6-7-16-13)17-21(18,19)12-5-4-9(20-2)8-10(12)14/h4-8,11,17H,3,14H2,1-2H3,(H,15,16). The van der Waals surface area contributed by atoms with E-state index in [4.69, 9.17) is 10.5 Å². The predicted octanol–water partition coefficient (Wildman–Crippen LogP) is 1.43. The Morgan fingerprint density at radius 1 is 1.48 bits per heavy atom. The summed E-state index contributed by atoms with van der Waals surface area (Å²) in [5.41, 5.74) is 5.93. The number of aromatic amines is 1. The molecule has 0 saturated carbocycles. The first-order valence-corrected chi connectivity index (χ1v) is 7.91. The summed E-state index contributed by atoms with van der Waals surface area (Å²) in [6.45, 7) is 1.87. The number of nitrogens with zero attached hydrogens (tertiary/aromatic N) is 1. The molecule has 1 atom stereocenters. The number of rotatable bonds is 6. The number of nitrogens with two attached hydrogens (primary N) is 1. The molecular weight excluding hydrogens is 292 g/mol. The number of imidazole rings is 1. The number of ether oxygens (including phenoxy) is 1. The van der Waals surface area contributed by atoms with E-state index in [1.54, 1.807) is 18.5 Å². The van der Waals surface area contributed by atoms with Crippen LogP contribution in [0.15, 0.2) is 35.5 Å². The molecule has 0 radical (unpaired) electrons. The van der Waals surface area contributed by atoms with Crippen molar-refractivity contribution < 1.29 is 13.2 Å². The highest BCUT2D eigenvalue weighted by Crippen LogP contribution is 2.25. The van der Waals surface area contributed by atoms with Crippen molar-refractivity contribution in [3.63, 3.8) is 0 Å². The quantitative estimate of drug-likeness (QED) is 0.699. The summed E-state index contributed by atoms with van der Waals surface area (Å²) in [5, 5.41) is 0. The molecule has 1 aromatic carbocycles. The van der Waals surface area contributed by atoms with E-state index in [0.29, 0.717) is 18.0 Å². The molecule has 114 valence electrons. The second-order valence-electron chi connectivity index (χ2n) is 4.46. The predicted molar refractivity (Wildman–Crippen MR) is 79.3 cm³/mol. The number of anilines is 1. The second-order valence-corrected chi connectivity index (χ2v) is 6.14. The van der Waals surface area contributed by atoms with Gasteiger partial charge in [0.15, 0.2) is 0 Å². The lowest BCUT2D eigenvalue weighted by Gasteiger charge is -2.16. The van der Waals surface area contributed by atoms with Crippen molar-refractivity contribution in [2.75, 3.05) is 12.8 Å². The lowest BCUT2D eigenvalue weighted by molar-refractivity contribution is 0.414. The number of nitrogen functional groups attached to an aromatic ring is 1. The Morgan fingerprint density at radius 3 is 2.76 bits per heavy atom. The number of hydrogen-bond acceptors (Lipinski definition) is 5. The molecule has 4 N–H and O–H groups in total. The van der Waals surface area contributed by atoms with Gasteiger partial charge in [-0.25, -0.2) is 18.1 Å². The largest absolute Gasteiger partial charge is 0.497 e. The van der Waals surface area contributed by atoms with Crippen molar-refractivity contribution in [2.24, 2.45) is 0 Å². The summed E-state index contributed by atoms with van der Waals surface area (Å²) in [7, 11) is -2.25. The van der Waals surface area contributed by atoms with Gasteiger partial charge in [-0.3, -0.25) is 0 Å². The van der Waals surface area contributed by atoms with Crippen molar-refractivity contribution in [1.82, 2.24) is 14.7 Å². The summed E-state index contributed by atoms with van der Waals surface area (Å²) in [5.74, 6) is 1.07. The number of nitrogens with one attached hydrogen (secondary N) is 2. The molecule has 1 unspecified atom stereocenters. The molecule has 0 bridgehead atoms. The molecule has 21 heavy (non-hydrogen) atoms. The fraction of sp³-hybridized carbons (Fsp3) is 0.308. The van der Waals surface area contributed by atoms with Gasteiger partial charge in [0.2, 0.25) is 10.0 Å². The van der Waals surface area contributed by atoms with Crippen molar-refractivity contribution in [3.8, 4) is 5.75 Å². The van der Waals surface area contributed by atoms with Crippen LogP contribution in [0.5, 0.6) is 5.75 Å². The van der Waals surface area contributed by atoms with Gasteiger partial charge in [-0.1, -0.05) is 6.92 Å². The minimum absolute atomic E-state index is 0.0216. The third-order valence-electron chi connectivity index (χ3n) is 3.06. The van der Waals surface area contributed by atoms with Crippen LogP contribution in [0.25, 0.3) is 0 Å². The molecule has 0 saturated heterocycles. The van der Waals surface area contributed by atoms with Gasteiger partial charge in [-0.15, -0.1) is 0 Å². The normalized spacial score (nSPS) is 13.0. The van der Waals surface area contributed by atoms with Gasteiger partial charge in [-0.2, -0.15) is 0 Å². The van der Waals surface area contributed by atoms with E-state index in [2.05, 4.69) is 14.7 Å². The maximum atomic E-state index is 12.4. The average molecular weight is 310 g/mol. The van der Waals surface area contributed by atoms with E-state index in [0.717, 1.165) is 0 Å². The monoisotopic (exact) mass is 310 g/mol. The number of H-pyrrole nitrogens is 1. The smallest absolute Gasteiger partial charge is 0.243 e. The van der Waals surface area contributed by atoms with Crippen LogP contribution in [0.1, 0.15) is 25.2 Å². The Kier molecular flexibility index (Phi) is 4.49. The third kappa shape index (κ3) is 3.34. The molecule has 0 spiro atoms. The Balaban J connectivity index is 2.29. The molecule has 2 aromatic rings. The summed E-state index contributed by atoms with van der Waals surface area (Å²) in [6, 6.07) is 4.01. The van der Waals surface area contributed by atoms with Crippen LogP contribution in [0.3, 0.4) is 0 Å². The van der Waals surface area contributed by atoms with Crippen molar-refractivity contribution in [2.45, 2.75) is 24.3 Å². The van der Waals surface area contributed by atoms with Gasteiger partial charge >= 0.3 is 0 Å². The molecule has 8 heteroatoms. The van der Waals surface area contributed by atoms with Crippen molar-refractivity contribution in [3.05, 3.63) is 36.4 Å². The average Bonchev–Trinajstić information content (AvgIpc) is 2.98. The maximum Gasteiger partial charge on any atom is 0.243 e. The molecule has 0 amide bonds. The van der Waals surface area contributed by atoms with Gasteiger partial charge in [0.05, 0.1) is 18.8 Å². The number of benzene rings is 1. The first kappa shape index (κ1) is 15.3. The van der Waals surface area contributed by atoms with E-state index in [1.165, 1.54) is 19.2 Å². The van der Waals surface area contributed by atoms with Crippen LogP contribution in [-0.4, -0.2) is 25.5 Å². The molecule has 7 nitrogen and oxygen atoms in total. The molecule has 0 aliphatic heterocycles. The highest BCUT2D eigenvalue weighted by Gasteiger charge is 2.23. The summed E-state index contributed by atoms with van der Waals surface area (Å²) in [4.78, 5) is 7.01. The van der Waals surface area contributed by atoms with Crippen LogP contribution in [-0.2, 0) is 10.0 Å². The van der Waals surface area contributed by atoms with E-state index >= 15 is 0 Å². The molecule has 0 fully saturated rings. The Bertz CT molecular complexity index is 698. The van der Waals surface area contributed by atoms with E-state index in [-0.39, 0.29) is 10.6 Å². The molecular formula is C13H18N4O3S. The molecule has 0 aliphatic rings. The zero-order valence-corrected chi connectivity index (χ0v) is 12.6. The lowest BCUT2D eigenvalue weighted by Crippen LogP contribution is -2.29. The van der Waals surface area contributed by atoms with E-state index < -0.39 is 16.1 Å². The lowest BCUT2D eigenvalue weighted by atomic mass is 10.2. The Morgan fingerprint density at radius 2 is 2.24 bits per heavy atom. The first-order chi connectivity index (χ1) is 9.97. The summed E-state index contributed by atoms with van der Waals surface area (Å²) >= 11 is 0. The zero-order valence-electron chi connectivity index (χ0n) is 11.8. The van der Waals surface area contributed by atoms with Crippen LogP contribution in [0.4, 0.5) is 5.69 Å². The maximum absolute atomic E-state index is 12.4.